The third-order valence-electron chi connectivity index (χ3n) is 4.56. The van der Waals surface area contributed by atoms with Crippen molar-refractivity contribution in [1.29, 1.82) is 0 Å². The average Bonchev–Trinajstić information content (AvgIpc) is 3.22. The number of piperazine rings is 1. The van der Waals surface area contributed by atoms with Gasteiger partial charge >= 0.3 is 0 Å². The van der Waals surface area contributed by atoms with Crippen molar-refractivity contribution in [3.05, 3.63) is 64.9 Å². The van der Waals surface area contributed by atoms with Crippen LogP contribution in [0, 0.1) is 0 Å². The summed E-state index contributed by atoms with van der Waals surface area (Å²) in [5, 5.41) is 13.2. The van der Waals surface area contributed by atoms with Crippen LogP contribution in [0.4, 0.5) is 17.3 Å². The van der Waals surface area contributed by atoms with E-state index in [0.717, 1.165) is 36.9 Å². The highest BCUT2D eigenvalue weighted by molar-refractivity contribution is 7.10. The Labute approximate surface area is 162 Å². The minimum atomic E-state index is -0.0732. The molecule has 0 radical (unpaired) electrons. The molecule has 0 atom stereocenters. The average molecular weight is 379 g/mol. The van der Waals surface area contributed by atoms with Gasteiger partial charge in [-0.15, -0.1) is 21.5 Å². The minimum Gasteiger partial charge on any atom is -0.368 e. The van der Waals surface area contributed by atoms with Crippen molar-refractivity contribution >= 4 is 34.6 Å². The summed E-state index contributed by atoms with van der Waals surface area (Å²) in [7, 11) is 0. The van der Waals surface area contributed by atoms with Gasteiger partial charge in [0.2, 0.25) is 5.91 Å². The largest absolute Gasteiger partial charge is 0.368 e. The topological polar surface area (TPSA) is 61.4 Å². The fourth-order valence-corrected chi connectivity index (χ4v) is 3.86. The van der Waals surface area contributed by atoms with Crippen LogP contribution < -0.4 is 15.1 Å². The van der Waals surface area contributed by atoms with Gasteiger partial charge in [-0.25, -0.2) is 0 Å². The molecule has 1 N–H and O–H groups in total. The van der Waals surface area contributed by atoms with Crippen LogP contribution in [0.15, 0.2) is 60.0 Å². The predicted octanol–water partition coefficient (Wildman–Crippen LogP) is 3.05. The third kappa shape index (κ3) is 4.43. The molecule has 0 spiro atoms. The molecule has 3 heterocycles. The van der Waals surface area contributed by atoms with Crippen LogP contribution in [0.2, 0.25) is 0 Å². The number of anilines is 3. The van der Waals surface area contributed by atoms with E-state index in [1.807, 2.05) is 35.7 Å². The van der Waals surface area contributed by atoms with Gasteiger partial charge in [-0.1, -0.05) is 24.3 Å². The maximum absolute atomic E-state index is 12.0. The number of hydrogen-bond donors (Lipinski definition) is 1. The fourth-order valence-electron chi connectivity index (χ4n) is 3.15. The molecule has 27 heavy (non-hydrogen) atoms. The third-order valence-corrected chi connectivity index (χ3v) is 5.43. The Balaban J connectivity index is 1.31. The number of para-hydroxylation sites is 1. The first kappa shape index (κ1) is 17.5. The fraction of sp³-hybridized carbons (Fsp3) is 0.250. The Hall–Kier alpha value is -2.93. The molecule has 1 aliphatic rings. The van der Waals surface area contributed by atoms with Crippen LogP contribution in [0.3, 0.4) is 0 Å². The number of amides is 1. The summed E-state index contributed by atoms with van der Waals surface area (Å²) in [5.41, 5.74) is 1.26. The van der Waals surface area contributed by atoms with Crippen LogP contribution >= 0.6 is 11.3 Å². The molecule has 1 aromatic carbocycles. The SMILES string of the molecule is O=C(Cc1cccs1)Nc1ccc(N2CCN(c3ccccc3)CC2)nn1. The molecule has 3 aromatic rings. The standard InChI is InChI=1S/C20H21N5OS/c26-20(15-17-7-4-14-27-17)21-18-8-9-19(23-22-18)25-12-10-24(11-13-25)16-5-2-1-3-6-16/h1-9,14H,10-13,15H2,(H,21,22,26). The van der Waals surface area contributed by atoms with Crippen molar-refractivity contribution in [1.82, 2.24) is 10.2 Å². The number of benzene rings is 1. The number of nitrogens with zero attached hydrogens (tertiary/aromatic N) is 4. The van der Waals surface area contributed by atoms with E-state index in [9.17, 15) is 4.79 Å². The van der Waals surface area contributed by atoms with E-state index in [1.54, 1.807) is 11.3 Å². The lowest BCUT2D eigenvalue weighted by atomic mass is 10.2. The maximum Gasteiger partial charge on any atom is 0.230 e. The van der Waals surface area contributed by atoms with E-state index in [1.165, 1.54) is 5.69 Å². The summed E-state index contributed by atoms with van der Waals surface area (Å²) in [5.74, 6) is 1.26. The zero-order valence-electron chi connectivity index (χ0n) is 14.9. The summed E-state index contributed by atoms with van der Waals surface area (Å²) in [6.07, 6.45) is 0.364. The van der Waals surface area contributed by atoms with Gasteiger partial charge < -0.3 is 15.1 Å². The quantitative estimate of drug-likeness (QED) is 0.738. The molecule has 6 nitrogen and oxygen atoms in total. The van der Waals surface area contributed by atoms with Crippen molar-refractivity contribution in [3.63, 3.8) is 0 Å². The molecule has 2 aromatic heterocycles. The first-order valence-electron chi connectivity index (χ1n) is 8.99. The molecule has 1 amide bonds. The molecule has 0 bridgehead atoms. The van der Waals surface area contributed by atoms with Crippen molar-refractivity contribution in [2.75, 3.05) is 41.3 Å². The molecule has 1 fully saturated rings. The Morgan fingerprint density at radius 1 is 0.926 bits per heavy atom. The van der Waals surface area contributed by atoms with Crippen LogP contribution in [-0.4, -0.2) is 42.3 Å². The monoisotopic (exact) mass is 379 g/mol. The highest BCUT2D eigenvalue weighted by Crippen LogP contribution is 2.19. The van der Waals surface area contributed by atoms with Crippen LogP contribution in [0.25, 0.3) is 0 Å². The second-order valence-electron chi connectivity index (χ2n) is 6.39. The van der Waals surface area contributed by atoms with Gasteiger partial charge in [0.15, 0.2) is 11.6 Å². The number of hydrogen-bond acceptors (Lipinski definition) is 6. The van der Waals surface area contributed by atoms with Crippen molar-refractivity contribution in [2.24, 2.45) is 0 Å². The molecule has 7 heteroatoms. The van der Waals surface area contributed by atoms with Gasteiger partial charge in [0.25, 0.3) is 0 Å². The molecule has 4 rings (SSSR count). The van der Waals surface area contributed by atoms with Crippen LogP contribution in [0.5, 0.6) is 0 Å². The number of rotatable bonds is 5. The zero-order valence-corrected chi connectivity index (χ0v) is 15.7. The van der Waals surface area contributed by atoms with Crippen LogP contribution in [-0.2, 0) is 11.2 Å². The van der Waals surface area contributed by atoms with E-state index < -0.39 is 0 Å². The molecule has 1 aliphatic heterocycles. The van der Waals surface area contributed by atoms with Gasteiger partial charge in [-0.3, -0.25) is 4.79 Å². The normalized spacial score (nSPS) is 14.2. The summed E-state index contributed by atoms with van der Waals surface area (Å²) >= 11 is 1.57. The molecule has 0 saturated carbocycles. The maximum atomic E-state index is 12.0. The first-order valence-corrected chi connectivity index (χ1v) is 9.87. The highest BCUT2D eigenvalue weighted by atomic mass is 32.1. The zero-order chi connectivity index (χ0) is 18.5. The lowest BCUT2D eigenvalue weighted by Crippen LogP contribution is -2.46. The molecular weight excluding hydrogens is 358 g/mol. The van der Waals surface area contributed by atoms with Crippen molar-refractivity contribution in [2.45, 2.75) is 6.42 Å². The Morgan fingerprint density at radius 2 is 1.70 bits per heavy atom. The van der Waals surface area contributed by atoms with E-state index in [4.69, 9.17) is 0 Å². The molecule has 138 valence electrons. The Bertz CT molecular complexity index is 859. The van der Waals surface area contributed by atoms with Crippen molar-refractivity contribution < 1.29 is 4.79 Å². The number of aromatic nitrogens is 2. The summed E-state index contributed by atoms with van der Waals surface area (Å²) in [4.78, 5) is 17.7. The summed E-state index contributed by atoms with van der Waals surface area (Å²) in [6.45, 7) is 3.69. The predicted molar refractivity (Wildman–Crippen MR) is 110 cm³/mol. The lowest BCUT2D eigenvalue weighted by Gasteiger charge is -2.36. The van der Waals surface area contributed by atoms with Gasteiger partial charge in [0, 0.05) is 36.7 Å². The van der Waals surface area contributed by atoms with Gasteiger partial charge in [0.05, 0.1) is 6.42 Å². The van der Waals surface area contributed by atoms with Gasteiger partial charge in [0.1, 0.15) is 0 Å². The van der Waals surface area contributed by atoms with E-state index in [2.05, 4.69) is 49.6 Å². The van der Waals surface area contributed by atoms with Crippen LogP contribution in [0.1, 0.15) is 4.88 Å². The van der Waals surface area contributed by atoms with E-state index in [-0.39, 0.29) is 5.91 Å². The molecule has 1 saturated heterocycles. The lowest BCUT2D eigenvalue weighted by molar-refractivity contribution is -0.115. The molecular formula is C20H21N5OS. The molecule has 0 unspecified atom stereocenters. The van der Waals surface area contributed by atoms with E-state index in [0.29, 0.717) is 12.2 Å². The first-order chi connectivity index (χ1) is 13.3. The second kappa shape index (κ2) is 8.18. The smallest absolute Gasteiger partial charge is 0.230 e. The number of thiophene rings is 1. The highest BCUT2D eigenvalue weighted by Gasteiger charge is 2.18. The molecule has 0 aliphatic carbocycles. The number of carbonyl (C=O) groups excluding carboxylic acids is 1. The minimum absolute atomic E-state index is 0.0732. The number of carbonyl (C=O) groups is 1. The number of nitrogens with one attached hydrogen (secondary N) is 1. The summed E-state index contributed by atoms with van der Waals surface area (Å²) in [6, 6.07) is 18.1. The Kier molecular flexibility index (Phi) is 5.29. The summed E-state index contributed by atoms with van der Waals surface area (Å²) < 4.78 is 0. The second-order valence-corrected chi connectivity index (χ2v) is 7.42. The Morgan fingerprint density at radius 3 is 2.37 bits per heavy atom. The van der Waals surface area contributed by atoms with Crippen molar-refractivity contribution in [3.8, 4) is 0 Å². The van der Waals surface area contributed by atoms with Gasteiger partial charge in [-0.2, -0.15) is 0 Å². The van der Waals surface area contributed by atoms with E-state index >= 15 is 0 Å². The van der Waals surface area contributed by atoms with Gasteiger partial charge in [-0.05, 0) is 35.7 Å².